The summed E-state index contributed by atoms with van der Waals surface area (Å²) in [5.41, 5.74) is 8.49. The van der Waals surface area contributed by atoms with Crippen molar-refractivity contribution >= 4 is 10.9 Å². The molecule has 1 fully saturated rings. The lowest BCUT2D eigenvalue weighted by Crippen LogP contribution is -2.40. The number of hydrogen-bond donors (Lipinski definition) is 1. The predicted molar refractivity (Wildman–Crippen MR) is 88.1 cm³/mol. The van der Waals surface area contributed by atoms with Crippen molar-refractivity contribution in [2.24, 2.45) is 5.73 Å². The van der Waals surface area contributed by atoms with Crippen LogP contribution in [-0.2, 0) is 6.54 Å². The average Bonchev–Trinajstić information content (AvgIpc) is 2.53. The maximum absolute atomic E-state index is 6.03. The highest BCUT2D eigenvalue weighted by Gasteiger charge is 2.23. The predicted octanol–water partition coefficient (Wildman–Crippen LogP) is 3.33. The molecular formula is C18H25N3. The van der Waals surface area contributed by atoms with Gasteiger partial charge in [0, 0.05) is 30.2 Å². The molecule has 1 aliphatic carbocycles. The highest BCUT2D eigenvalue weighted by Crippen LogP contribution is 2.24. The van der Waals surface area contributed by atoms with E-state index in [0.717, 1.165) is 18.6 Å². The third-order valence-electron chi connectivity index (χ3n) is 4.72. The van der Waals surface area contributed by atoms with Gasteiger partial charge in [-0.2, -0.15) is 0 Å². The molecule has 0 spiro atoms. The van der Waals surface area contributed by atoms with Gasteiger partial charge in [0.05, 0.1) is 5.52 Å². The maximum Gasteiger partial charge on any atom is 0.0702 e. The number of rotatable bonds is 4. The zero-order valence-electron chi connectivity index (χ0n) is 12.8. The van der Waals surface area contributed by atoms with E-state index in [1.54, 1.807) is 0 Å². The van der Waals surface area contributed by atoms with Gasteiger partial charge in [-0.1, -0.05) is 19.1 Å². The number of nitrogens with two attached hydrogens (primary N) is 1. The van der Waals surface area contributed by atoms with Gasteiger partial charge < -0.3 is 5.73 Å². The molecule has 2 N–H and O–H groups in total. The molecule has 0 bridgehead atoms. The van der Waals surface area contributed by atoms with Crippen LogP contribution < -0.4 is 5.73 Å². The highest BCUT2D eigenvalue weighted by molar-refractivity contribution is 5.78. The van der Waals surface area contributed by atoms with Crippen molar-refractivity contribution in [2.45, 2.75) is 51.2 Å². The molecule has 0 saturated heterocycles. The SMILES string of the molecule is CCN(Cc1ccc2ncccc2c1)C1CCC(N)CC1. The molecular weight excluding hydrogens is 258 g/mol. The third kappa shape index (κ3) is 3.42. The number of pyridine rings is 1. The fraction of sp³-hybridized carbons (Fsp3) is 0.500. The zero-order chi connectivity index (χ0) is 14.7. The molecule has 0 amide bonds. The van der Waals surface area contributed by atoms with Crippen molar-refractivity contribution in [3.8, 4) is 0 Å². The normalized spacial score (nSPS) is 22.8. The Morgan fingerprint density at radius 2 is 2.00 bits per heavy atom. The van der Waals surface area contributed by atoms with Crippen LogP contribution in [0.25, 0.3) is 10.9 Å². The lowest BCUT2D eigenvalue weighted by Gasteiger charge is -2.35. The molecule has 0 unspecified atom stereocenters. The molecule has 2 aromatic rings. The highest BCUT2D eigenvalue weighted by atomic mass is 15.1. The molecule has 3 heteroatoms. The monoisotopic (exact) mass is 283 g/mol. The van der Waals surface area contributed by atoms with Gasteiger partial charge in [-0.05, 0) is 56.0 Å². The van der Waals surface area contributed by atoms with Crippen LogP contribution in [0.5, 0.6) is 0 Å². The van der Waals surface area contributed by atoms with Gasteiger partial charge in [-0.15, -0.1) is 0 Å². The van der Waals surface area contributed by atoms with E-state index in [4.69, 9.17) is 5.73 Å². The van der Waals surface area contributed by atoms with E-state index in [0.29, 0.717) is 12.1 Å². The van der Waals surface area contributed by atoms with Gasteiger partial charge in [0.15, 0.2) is 0 Å². The Kier molecular flexibility index (Phi) is 4.51. The molecule has 0 aliphatic heterocycles. The Hall–Kier alpha value is -1.45. The first-order valence-corrected chi connectivity index (χ1v) is 8.09. The van der Waals surface area contributed by atoms with Crippen molar-refractivity contribution < 1.29 is 0 Å². The molecule has 1 heterocycles. The second kappa shape index (κ2) is 6.54. The van der Waals surface area contributed by atoms with Crippen LogP contribution in [-0.4, -0.2) is 28.5 Å². The Morgan fingerprint density at radius 3 is 2.76 bits per heavy atom. The van der Waals surface area contributed by atoms with Crippen LogP contribution in [0.3, 0.4) is 0 Å². The summed E-state index contributed by atoms with van der Waals surface area (Å²) >= 11 is 0. The Morgan fingerprint density at radius 1 is 1.19 bits per heavy atom. The Bertz CT molecular complexity index is 588. The fourth-order valence-electron chi connectivity index (χ4n) is 3.42. The maximum atomic E-state index is 6.03. The van der Waals surface area contributed by atoms with Crippen molar-refractivity contribution in [1.29, 1.82) is 0 Å². The summed E-state index contributed by atoms with van der Waals surface area (Å²) < 4.78 is 0. The van der Waals surface area contributed by atoms with Gasteiger partial charge in [-0.3, -0.25) is 9.88 Å². The zero-order valence-corrected chi connectivity index (χ0v) is 12.8. The summed E-state index contributed by atoms with van der Waals surface area (Å²) in [6, 6.07) is 11.9. The van der Waals surface area contributed by atoms with E-state index in [1.807, 2.05) is 12.3 Å². The van der Waals surface area contributed by atoms with E-state index >= 15 is 0 Å². The number of benzene rings is 1. The number of nitrogens with zero attached hydrogens (tertiary/aromatic N) is 2. The summed E-state index contributed by atoms with van der Waals surface area (Å²) in [5, 5.41) is 1.23. The second-order valence-corrected chi connectivity index (χ2v) is 6.16. The van der Waals surface area contributed by atoms with E-state index in [-0.39, 0.29) is 0 Å². The lowest BCUT2D eigenvalue weighted by molar-refractivity contribution is 0.149. The summed E-state index contributed by atoms with van der Waals surface area (Å²) in [5.74, 6) is 0. The van der Waals surface area contributed by atoms with Crippen LogP contribution in [0.15, 0.2) is 36.5 Å². The van der Waals surface area contributed by atoms with Crippen LogP contribution in [0, 0.1) is 0 Å². The molecule has 1 aromatic heterocycles. The molecule has 21 heavy (non-hydrogen) atoms. The van der Waals surface area contributed by atoms with Gasteiger partial charge in [0.1, 0.15) is 0 Å². The average molecular weight is 283 g/mol. The van der Waals surface area contributed by atoms with Crippen LogP contribution in [0.4, 0.5) is 0 Å². The second-order valence-electron chi connectivity index (χ2n) is 6.16. The van der Waals surface area contributed by atoms with Crippen molar-refractivity contribution in [2.75, 3.05) is 6.54 Å². The minimum atomic E-state index is 0.423. The molecule has 1 aliphatic rings. The molecule has 3 nitrogen and oxygen atoms in total. The molecule has 0 radical (unpaired) electrons. The Balaban J connectivity index is 1.72. The Labute approximate surface area is 127 Å². The van der Waals surface area contributed by atoms with Crippen LogP contribution in [0.1, 0.15) is 38.2 Å². The first kappa shape index (κ1) is 14.5. The standard InChI is InChI=1S/C18H25N3/c1-2-21(17-8-6-16(19)7-9-17)13-14-5-10-18-15(12-14)4-3-11-20-18/h3-5,10-12,16-17H,2,6-9,13,19H2,1H3. The lowest BCUT2D eigenvalue weighted by atomic mass is 9.90. The molecule has 3 rings (SSSR count). The van der Waals surface area contributed by atoms with Crippen LogP contribution in [0.2, 0.25) is 0 Å². The van der Waals surface area contributed by atoms with E-state index in [1.165, 1.54) is 36.6 Å². The van der Waals surface area contributed by atoms with Gasteiger partial charge in [0.2, 0.25) is 0 Å². The van der Waals surface area contributed by atoms with Crippen molar-refractivity contribution in [3.63, 3.8) is 0 Å². The van der Waals surface area contributed by atoms with E-state index in [2.05, 4.69) is 41.1 Å². The van der Waals surface area contributed by atoms with Crippen LogP contribution >= 0.6 is 0 Å². The molecule has 1 aromatic carbocycles. The minimum Gasteiger partial charge on any atom is -0.328 e. The topological polar surface area (TPSA) is 42.2 Å². The first-order valence-electron chi connectivity index (χ1n) is 8.09. The van der Waals surface area contributed by atoms with Gasteiger partial charge >= 0.3 is 0 Å². The summed E-state index contributed by atoms with van der Waals surface area (Å²) in [6.07, 6.45) is 6.67. The van der Waals surface area contributed by atoms with E-state index < -0.39 is 0 Å². The number of hydrogen-bond acceptors (Lipinski definition) is 3. The summed E-state index contributed by atoms with van der Waals surface area (Å²) in [6.45, 7) is 4.39. The summed E-state index contributed by atoms with van der Waals surface area (Å²) in [4.78, 5) is 6.99. The van der Waals surface area contributed by atoms with Crippen molar-refractivity contribution in [3.05, 3.63) is 42.1 Å². The molecule has 112 valence electrons. The van der Waals surface area contributed by atoms with E-state index in [9.17, 15) is 0 Å². The molecule has 0 atom stereocenters. The number of aromatic nitrogens is 1. The third-order valence-corrected chi connectivity index (χ3v) is 4.72. The number of fused-ring (bicyclic) bond motifs is 1. The van der Waals surface area contributed by atoms with Gasteiger partial charge in [-0.25, -0.2) is 0 Å². The van der Waals surface area contributed by atoms with Crippen molar-refractivity contribution in [1.82, 2.24) is 9.88 Å². The quantitative estimate of drug-likeness (QED) is 0.936. The minimum absolute atomic E-state index is 0.423. The smallest absolute Gasteiger partial charge is 0.0702 e. The summed E-state index contributed by atoms with van der Waals surface area (Å²) in [7, 11) is 0. The molecule has 1 saturated carbocycles. The first-order chi connectivity index (χ1) is 10.3. The van der Waals surface area contributed by atoms with Gasteiger partial charge in [0.25, 0.3) is 0 Å². The largest absolute Gasteiger partial charge is 0.328 e. The fourth-order valence-corrected chi connectivity index (χ4v) is 3.42.